The van der Waals surface area contributed by atoms with Crippen LogP contribution < -0.4 is 5.32 Å². The summed E-state index contributed by atoms with van der Waals surface area (Å²) in [4.78, 5) is 19.3. The predicted molar refractivity (Wildman–Crippen MR) is 95.9 cm³/mol. The van der Waals surface area contributed by atoms with Crippen molar-refractivity contribution in [2.45, 2.75) is 38.3 Å². The number of rotatable bonds is 5. The molecule has 2 heterocycles. The second kappa shape index (κ2) is 6.50. The van der Waals surface area contributed by atoms with Gasteiger partial charge in [-0.25, -0.2) is 0 Å². The summed E-state index contributed by atoms with van der Waals surface area (Å²) in [6.07, 6.45) is 4.82. The molecule has 0 radical (unpaired) electrons. The van der Waals surface area contributed by atoms with Gasteiger partial charge in [-0.2, -0.15) is 4.98 Å². The number of aromatic nitrogens is 2. The number of piperidine rings is 1. The van der Waals surface area contributed by atoms with Gasteiger partial charge in [0.25, 0.3) is 0 Å². The quantitative estimate of drug-likeness (QED) is 0.895. The molecule has 2 saturated carbocycles. The average molecular weight is 352 g/mol. The van der Waals surface area contributed by atoms with Crippen LogP contribution >= 0.6 is 0 Å². The standard InChI is InChI=1S/C20H24N4O2/c25-20(21-14-8-4-5-9-14)18-15-10-24(11-16(15)18)12-17-22-19(23-26-17)13-6-2-1-3-7-13/h1-3,6-7,14-16,18H,4-5,8-12H2,(H,21,25)/t15-,16+,18?. The molecule has 26 heavy (non-hydrogen) atoms. The Bertz CT molecular complexity index is 772. The molecule has 2 aromatic rings. The van der Waals surface area contributed by atoms with Crippen LogP contribution in [0.4, 0.5) is 0 Å². The van der Waals surface area contributed by atoms with E-state index in [-0.39, 0.29) is 11.8 Å². The lowest BCUT2D eigenvalue weighted by Crippen LogP contribution is -2.36. The summed E-state index contributed by atoms with van der Waals surface area (Å²) in [7, 11) is 0. The van der Waals surface area contributed by atoms with E-state index in [2.05, 4.69) is 20.4 Å². The van der Waals surface area contributed by atoms with Crippen LogP contribution in [0.15, 0.2) is 34.9 Å². The van der Waals surface area contributed by atoms with Crippen LogP contribution in [-0.2, 0) is 11.3 Å². The van der Waals surface area contributed by atoms with Crippen LogP contribution in [0.25, 0.3) is 11.4 Å². The number of nitrogens with zero attached hydrogens (tertiary/aromatic N) is 3. The van der Waals surface area contributed by atoms with Crippen LogP contribution in [0.2, 0.25) is 0 Å². The topological polar surface area (TPSA) is 71.3 Å². The Morgan fingerprint density at radius 2 is 1.88 bits per heavy atom. The molecule has 1 aromatic carbocycles. The molecule has 3 fully saturated rings. The van der Waals surface area contributed by atoms with E-state index in [9.17, 15) is 4.79 Å². The normalized spacial score (nSPS) is 28.2. The van der Waals surface area contributed by atoms with Gasteiger partial charge < -0.3 is 9.84 Å². The van der Waals surface area contributed by atoms with Gasteiger partial charge in [0.15, 0.2) is 0 Å². The van der Waals surface area contributed by atoms with Crippen molar-refractivity contribution < 1.29 is 9.32 Å². The number of fused-ring (bicyclic) bond motifs is 1. The number of hydrogen-bond acceptors (Lipinski definition) is 5. The molecule has 2 aliphatic carbocycles. The number of benzene rings is 1. The zero-order valence-electron chi connectivity index (χ0n) is 14.8. The Morgan fingerprint density at radius 3 is 2.62 bits per heavy atom. The molecule has 5 rings (SSSR count). The van der Waals surface area contributed by atoms with E-state index < -0.39 is 0 Å². The van der Waals surface area contributed by atoms with E-state index in [1.54, 1.807) is 0 Å². The van der Waals surface area contributed by atoms with Crippen molar-refractivity contribution in [2.24, 2.45) is 17.8 Å². The van der Waals surface area contributed by atoms with Crippen LogP contribution in [-0.4, -0.2) is 40.1 Å². The average Bonchev–Trinajstić information content (AvgIpc) is 3.13. The maximum absolute atomic E-state index is 12.4. The first-order valence-electron chi connectivity index (χ1n) is 9.68. The molecule has 1 N–H and O–H groups in total. The number of carbonyl (C=O) groups is 1. The van der Waals surface area contributed by atoms with Gasteiger partial charge in [-0.3, -0.25) is 9.69 Å². The second-order valence-electron chi connectivity index (χ2n) is 7.92. The van der Waals surface area contributed by atoms with E-state index in [4.69, 9.17) is 4.52 Å². The minimum Gasteiger partial charge on any atom is -0.353 e. The number of nitrogens with one attached hydrogen (secondary N) is 1. The minimum absolute atomic E-state index is 0.231. The van der Waals surface area contributed by atoms with Gasteiger partial charge in [0.1, 0.15) is 0 Å². The molecule has 1 unspecified atom stereocenters. The van der Waals surface area contributed by atoms with Crippen molar-refractivity contribution >= 4 is 5.91 Å². The van der Waals surface area contributed by atoms with Crippen molar-refractivity contribution in [3.63, 3.8) is 0 Å². The third kappa shape index (κ3) is 3.03. The molecule has 6 heteroatoms. The largest absolute Gasteiger partial charge is 0.353 e. The summed E-state index contributed by atoms with van der Waals surface area (Å²) in [5, 5.41) is 7.34. The summed E-state index contributed by atoms with van der Waals surface area (Å²) in [5.74, 6) is 2.82. The third-order valence-electron chi connectivity index (χ3n) is 6.13. The van der Waals surface area contributed by atoms with Gasteiger partial charge >= 0.3 is 0 Å². The van der Waals surface area contributed by atoms with Gasteiger partial charge in [0.05, 0.1) is 6.54 Å². The Hall–Kier alpha value is -2.21. The van der Waals surface area contributed by atoms with Gasteiger partial charge in [-0.1, -0.05) is 48.3 Å². The highest BCUT2D eigenvalue weighted by molar-refractivity contribution is 5.82. The lowest BCUT2D eigenvalue weighted by atomic mass is 10.2. The summed E-state index contributed by atoms with van der Waals surface area (Å²) in [5.41, 5.74) is 0.968. The number of hydrogen-bond donors (Lipinski definition) is 1. The first kappa shape index (κ1) is 16.0. The third-order valence-corrected chi connectivity index (χ3v) is 6.13. The van der Waals surface area contributed by atoms with E-state index in [1.807, 2.05) is 30.3 Å². The molecule has 6 nitrogen and oxygen atoms in total. The van der Waals surface area contributed by atoms with Crippen molar-refractivity contribution in [1.29, 1.82) is 0 Å². The molecule has 1 aliphatic heterocycles. The van der Waals surface area contributed by atoms with E-state index in [0.717, 1.165) is 31.5 Å². The highest BCUT2D eigenvalue weighted by Gasteiger charge is 2.59. The summed E-state index contributed by atoms with van der Waals surface area (Å²) < 4.78 is 5.41. The highest BCUT2D eigenvalue weighted by atomic mass is 16.5. The van der Waals surface area contributed by atoms with E-state index in [1.165, 1.54) is 12.8 Å². The zero-order chi connectivity index (χ0) is 17.5. The monoisotopic (exact) mass is 352 g/mol. The zero-order valence-corrected chi connectivity index (χ0v) is 14.8. The van der Waals surface area contributed by atoms with Crippen molar-refractivity contribution in [1.82, 2.24) is 20.4 Å². The van der Waals surface area contributed by atoms with Gasteiger partial charge in [0, 0.05) is 30.6 Å². The Kier molecular flexibility index (Phi) is 4.00. The smallest absolute Gasteiger partial charge is 0.241 e. The summed E-state index contributed by atoms with van der Waals surface area (Å²) >= 11 is 0. The molecule has 1 aromatic heterocycles. The molecule has 1 saturated heterocycles. The Labute approximate surface area is 153 Å². The molecule has 0 spiro atoms. The molecular weight excluding hydrogens is 328 g/mol. The summed E-state index contributed by atoms with van der Waals surface area (Å²) in [6.45, 7) is 2.58. The van der Waals surface area contributed by atoms with Crippen LogP contribution in [0, 0.1) is 17.8 Å². The first-order valence-corrected chi connectivity index (χ1v) is 9.68. The van der Waals surface area contributed by atoms with Crippen molar-refractivity contribution in [2.75, 3.05) is 13.1 Å². The molecule has 0 bridgehead atoms. The molecule has 1 amide bonds. The lowest BCUT2D eigenvalue weighted by Gasteiger charge is -2.18. The Morgan fingerprint density at radius 1 is 1.15 bits per heavy atom. The second-order valence-corrected chi connectivity index (χ2v) is 7.92. The highest BCUT2D eigenvalue weighted by Crippen LogP contribution is 2.52. The fourth-order valence-electron chi connectivity index (χ4n) is 4.71. The minimum atomic E-state index is 0.231. The first-order chi connectivity index (χ1) is 12.8. The summed E-state index contributed by atoms with van der Waals surface area (Å²) in [6, 6.07) is 10.3. The SMILES string of the molecule is O=C(NC1CCCC1)C1[C@H]2CN(Cc3nc(-c4ccccc4)no3)C[C@@H]12. The predicted octanol–water partition coefficient (Wildman–Crippen LogP) is 2.47. The fraction of sp³-hybridized carbons (Fsp3) is 0.550. The molecular formula is C20H24N4O2. The Balaban J connectivity index is 1.13. The van der Waals surface area contributed by atoms with Crippen LogP contribution in [0.3, 0.4) is 0 Å². The van der Waals surface area contributed by atoms with Gasteiger partial charge in [0.2, 0.25) is 17.6 Å². The van der Waals surface area contributed by atoms with Gasteiger partial charge in [-0.05, 0) is 24.7 Å². The maximum atomic E-state index is 12.4. The van der Waals surface area contributed by atoms with Crippen molar-refractivity contribution in [3.05, 3.63) is 36.2 Å². The van der Waals surface area contributed by atoms with Crippen LogP contribution in [0.5, 0.6) is 0 Å². The van der Waals surface area contributed by atoms with E-state index in [0.29, 0.717) is 36.1 Å². The van der Waals surface area contributed by atoms with Crippen molar-refractivity contribution in [3.8, 4) is 11.4 Å². The number of likely N-dealkylation sites (tertiary alicyclic amines) is 1. The number of carbonyl (C=O) groups excluding carboxylic acids is 1. The van der Waals surface area contributed by atoms with E-state index >= 15 is 0 Å². The molecule has 3 atom stereocenters. The molecule has 3 aliphatic rings. The van der Waals surface area contributed by atoms with Crippen LogP contribution in [0.1, 0.15) is 31.6 Å². The lowest BCUT2D eigenvalue weighted by molar-refractivity contribution is -0.123. The van der Waals surface area contributed by atoms with Gasteiger partial charge in [-0.15, -0.1) is 0 Å². The fourth-order valence-corrected chi connectivity index (χ4v) is 4.71. The number of amides is 1. The maximum Gasteiger partial charge on any atom is 0.241 e. The molecule has 136 valence electrons.